The van der Waals surface area contributed by atoms with E-state index in [1.165, 1.54) is 11.8 Å². The number of nitrogens with zero attached hydrogens (tertiary/aromatic N) is 2. The van der Waals surface area contributed by atoms with E-state index in [0.717, 1.165) is 11.4 Å². The Bertz CT molecular complexity index is 900. The molecule has 2 aliphatic heterocycles. The predicted octanol–water partition coefficient (Wildman–Crippen LogP) is 2.95. The Morgan fingerprint density at radius 3 is 2.35 bits per heavy atom. The van der Waals surface area contributed by atoms with Crippen LogP contribution in [-0.2, 0) is 26.2 Å². The average molecular weight is 496 g/mol. The van der Waals surface area contributed by atoms with Crippen LogP contribution in [0.5, 0.6) is 0 Å². The summed E-state index contributed by atoms with van der Waals surface area (Å²) >= 11 is 1.49. The van der Waals surface area contributed by atoms with Crippen LogP contribution in [0.15, 0.2) is 18.2 Å². The molecule has 3 heterocycles. The lowest BCUT2D eigenvalue weighted by atomic mass is 9.95. The largest absolute Gasteiger partial charge is 0.511 e. The molecule has 2 fully saturated rings. The van der Waals surface area contributed by atoms with E-state index in [2.05, 4.69) is 4.98 Å². The van der Waals surface area contributed by atoms with Crippen molar-refractivity contribution in [3.05, 3.63) is 29.6 Å². The fraction of sp³-hybridized carbons (Fsp3) is 0.625. The number of sulfonamides is 1. The molecule has 31 heavy (non-hydrogen) atoms. The number of aliphatic carboxylic acids is 1. The highest BCUT2D eigenvalue weighted by Gasteiger charge is 2.60. The Morgan fingerprint density at radius 2 is 1.87 bits per heavy atom. The average Bonchev–Trinajstić information content (AvgIpc) is 3.02. The number of halogens is 6. The minimum absolute atomic E-state index is 0.104. The summed E-state index contributed by atoms with van der Waals surface area (Å²) in [5.41, 5.74) is -3.54. The van der Waals surface area contributed by atoms with Gasteiger partial charge in [0, 0.05) is 29.3 Å². The van der Waals surface area contributed by atoms with Crippen LogP contribution < -0.4 is 0 Å². The second kappa shape index (κ2) is 9.11. The summed E-state index contributed by atoms with van der Waals surface area (Å²) in [6, 6.07) is 5.62. The number of thioether (sulfide) groups is 1. The van der Waals surface area contributed by atoms with E-state index in [1.54, 1.807) is 0 Å². The van der Waals surface area contributed by atoms with Gasteiger partial charge in [0.25, 0.3) is 0 Å². The van der Waals surface area contributed by atoms with Gasteiger partial charge in [0.2, 0.25) is 0 Å². The zero-order valence-electron chi connectivity index (χ0n) is 15.9. The van der Waals surface area contributed by atoms with Crippen LogP contribution in [0, 0.1) is 6.92 Å². The molecular weight excluding hydrogens is 478 g/mol. The van der Waals surface area contributed by atoms with Gasteiger partial charge in [-0.2, -0.15) is 30.6 Å². The molecule has 0 saturated carbocycles. The van der Waals surface area contributed by atoms with E-state index < -0.39 is 32.4 Å². The number of ether oxygens (including phenoxy) is 1. The van der Waals surface area contributed by atoms with Gasteiger partial charge in [0.05, 0.1) is 18.4 Å². The van der Waals surface area contributed by atoms with Crippen LogP contribution in [0.2, 0.25) is 0 Å². The summed E-state index contributed by atoms with van der Waals surface area (Å²) in [6.07, 6.45) is -4.64. The number of aromatic nitrogens is 1. The van der Waals surface area contributed by atoms with E-state index in [1.807, 2.05) is 25.1 Å². The monoisotopic (exact) mass is 496 g/mol. The van der Waals surface area contributed by atoms with E-state index in [9.17, 15) is 34.8 Å². The van der Waals surface area contributed by atoms with Crippen LogP contribution in [-0.4, -0.2) is 70.2 Å². The molecule has 1 atom stereocenters. The zero-order valence-corrected chi connectivity index (χ0v) is 17.5. The molecule has 0 amide bonds. The molecule has 15 heteroatoms. The number of carbonyl (C=O) groups is 1. The van der Waals surface area contributed by atoms with Crippen molar-refractivity contribution in [2.45, 2.75) is 42.5 Å². The highest BCUT2D eigenvalue weighted by atomic mass is 32.2. The number of hydrogen-bond acceptors (Lipinski definition) is 6. The van der Waals surface area contributed by atoms with Crippen LogP contribution in [0.3, 0.4) is 0 Å². The van der Waals surface area contributed by atoms with E-state index >= 15 is 0 Å². The van der Waals surface area contributed by atoms with Crippen molar-refractivity contribution in [1.82, 2.24) is 9.29 Å². The minimum atomic E-state index is -5.23. The highest BCUT2D eigenvalue weighted by Crippen LogP contribution is 2.48. The predicted molar refractivity (Wildman–Crippen MR) is 97.6 cm³/mol. The number of alkyl halides is 6. The molecule has 2 saturated heterocycles. The first kappa shape index (κ1) is 25.7. The number of hydrogen-bond donors (Lipinski definition) is 1. The van der Waals surface area contributed by atoms with Crippen molar-refractivity contribution in [2.24, 2.45) is 0 Å². The minimum Gasteiger partial charge on any atom is -0.475 e. The summed E-state index contributed by atoms with van der Waals surface area (Å²) < 4.78 is 97.9. The molecule has 1 spiro atoms. The smallest absolute Gasteiger partial charge is 0.475 e. The van der Waals surface area contributed by atoms with Crippen molar-refractivity contribution >= 4 is 27.8 Å². The summed E-state index contributed by atoms with van der Waals surface area (Å²) in [7, 11) is -5.21. The fourth-order valence-corrected chi connectivity index (χ4v) is 5.77. The Hall–Kier alpha value is -1.58. The molecule has 3 rings (SSSR count). The van der Waals surface area contributed by atoms with Gasteiger partial charge in [-0.25, -0.2) is 13.2 Å². The molecule has 1 N–H and O–H groups in total. The first-order chi connectivity index (χ1) is 14.1. The number of rotatable bonds is 4. The van der Waals surface area contributed by atoms with E-state index in [0.29, 0.717) is 23.1 Å². The van der Waals surface area contributed by atoms with Gasteiger partial charge in [0.1, 0.15) is 0 Å². The summed E-state index contributed by atoms with van der Waals surface area (Å²) in [5, 5.41) is 7.12. The second-order valence-electron chi connectivity index (χ2n) is 6.92. The Balaban J connectivity index is 0.000000423. The third-order valence-electron chi connectivity index (χ3n) is 4.39. The van der Waals surface area contributed by atoms with Gasteiger partial charge in [0.15, 0.2) is 0 Å². The van der Waals surface area contributed by atoms with Crippen molar-refractivity contribution in [1.29, 1.82) is 0 Å². The lowest BCUT2D eigenvalue weighted by Gasteiger charge is -2.46. The van der Waals surface area contributed by atoms with Gasteiger partial charge in [-0.05, 0) is 25.5 Å². The van der Waals surface area contributed by atoms with Crippen LogP contribution in [0.1, 0.15) is 17.8 Å². The van der Waals surface area contributed by atoms with Gasteiger partial charge in [-0.3, -0.25) is 4.98 Å². The second-order valence-corrected chi connectivity index (χ2v) is 10.3. The molecule has 1 aromatic heterocycles. The summed E-state index contributed by atoms with van der Waals surface area (Å²) in [4.78, 5) is 13.2. The van der Waals surface area contributed by atoms with Crippen molar-refractivity contribution in [2.75, 3.05) is 18.8 Å². The maximum absolute atomic E-state index is 12.5. The third-order valence-corrected chi connectivity index (χ3v) is 7.49. The molecule has 0 radical (unpaired) electrons. The lowest BCUT2D eigenvalue weighted by Crippen LogP contribution is -2.62. The normalized spacial score (nSPS) is 21.3. The van der Waals surface area contributed by atoms with Crippen molar-refractivity contribution in [3.63, 3.8) is 0 Å². The Kier molecular flexibility index (Phi) is 7.55. The van der Waals surface area contributed by atoms with Crippen LogP contribution in [0.25, 0.3) is 0 Å². The first-order valence-electron chi connectivity index (χ1n) is 8.60. The van der Waals surface area contributed by atoms with Gasteiger partial charge in [-0.1, -0.05) is 6.07 Å². The summed E-state index contributed by atoms with van der Waals surface area (Å²) in [5.74, 6) is -2.11. The topological polar surface area (TPSA) is 96.8 Å². The van der Waals surface area contributed by atoms with Gasteiger partial charge < -0.3 is 9.84 Å². The maximum atomic E-state index is 12.5. The summed E-state index contributed by atoms with van der Waals surface area (Å²) in [6.45, 7) is 2.01. The van der Waals surface area contributed by atoms with E-state index in [4.69, 9.17) is 14.6 Å². The number of carboxylic acids is 1. The van der Waals surface area contributed by atoms with Crippen LogP contribution in [0.4, 0.5) is 26.3 Å². The molecule has 2 aliphatic rings. The Labute approximate surface area is 177 Å². The van der Waals surface area contributed by atoms with Crippen LogP contribution >= 0.6 is 11.8 Å². The zero-order chi connectivity index (χ0) is 23.7. The molecule has 1 aromatic rings. The molecule has 0 aromatic carbocycles. The molecular formula is C16H18F6N2O5S2. The SMILES string of the molecule is Cc1cccc(COC2CSC3(C2)CN(S(=O)(=O)C(F)(F)F)C3)n1.O=C(O)C(F)(F)F. The van der Waals surface area contributed by atoms with Crippen molar-refractivity contribution < 1.29 is 49.4 Å². The van der Waals surface area contributed by atoms with Crippen molar-refractivity contribution in [3.8, 4) is 0 Å². The number of carboxylic acid groups (broad SMARTS) is 1. The Morgan fingerprint density at radius 1 is 1.29 bits per heavy atom. The molecule has 7 nitrogen and oxygen atoms in total. The molecule has 1 unspecified atom stereocenters. The fourth-order valence-electron chi connectivity index (χ4n) is 2.93. The highest BCUT2D eigenvalue weighted by molar-refractivity contribution is 8.01. The number of pyridine rings is 1. The van der Waals surface area contributed by atoms with E-state index in [-0.39, 0.29) is 19.2 Å². The molecule has 176 valence electrons. The number of aryl methyl sites for hydroxylation is 1. The van der Waals surface area contributed by atoms with Gasteiger partial charge >= 0.3 is 27.7 Å². The lowest BCUT2D eigenvalue weighted by molar-refractivity contribution is -0.192. The third kappa shape index (κ3) is 6.46. The maximum Gasteiger partial charge on any atom is 0.511 e. The van der Waals surface area contributed by atoms with Gasteiger partial charge in [-0.15, -0.1) is 11.8 Å². The first-order valence-corrected chi connectivity index (χ1v) is 11.0. The molecule has 0 bridgehead atoms. The standard InChI is InChI=1S/C14H17F3N2O3S2.C2HF3O2/c1-10-3-2-4-11(18-10)6-22-12-5-13(23-7-12)8-19(9-13)24(20,21)14(15,16)17;3-2(4,5)1(6)7/h2-4,12H,5-9H2,1H3;(H,6,7). The molecule has 0 aliphatic carbocycles. The quantitative estimate of drug-likeness (QED) is 0.641.